The Balaban J connectivity index is 0.000000461. The Morgan fingerprint density at radius 1 is 0.733 bits per heavy atom. The molecule has 30 heavy (non-hydrogen) atoms. The summed E-state index contributed by atoms with van der Waals surface area (Å²) in [6.45, 7) is 0. The molecule has 0 fully saturated rings. The third-order valence-corrected chi connectivity index (χ3v) is 4.45. The Morgan fingerprint density at radius 3 is 1.77 bits per heavy atom. The van der Waals surface area contributed by atoms with Crippen LogP contribution >= 0.6 is 23.2 Å². The molecule has 0 aliphatic carbocycles. The van der Waals surface area contributed by atoms with Crippen LogP contribution < -0.4 is 18.6 Å². The van der Waals surface area contributed by atoms with E-state index in [1.54, 1.807) is 0 Å². The van der Waals surface area contributed by atoms with Gasteiger partial charge in [-0.3, -0.25) is 0 Å². The van der Waals surface area contributed by atoms with Crippen molar-refractivity contribution in [3.8, 4) is 0 Å². The van der Waals surface area contributed by atoms with Gasteiger partial charge in [0.15, 0.2) is 5.69 Å². The van der Waals surface area contributed by atoms with Crippen molar-refractivity contribution in [3.63, 3.8) is 0 Å². The van der Waals surface area contributed by atoms with E-state index in [-0.39, 0.29) is 6.17 Å². The van der Waals surface area contributed by atoms with Crippen LogP contribution in [0.15, 0.2) is 89.0 Å². The number of azo groups is 2. The van der Waals surface area contributed by atoms with Crippen LogP contribution in [-0.4, -0.2) is 10.5 Å². The highest BCUT2D eigenvalue weighted by molar-refractivity contribution is 6.30. The molecule has 0 saturated heterocycles. The summed E-state index contributed by atoms with van der Waals surface area (Å²) >= 11 is 12.0. The number of para-hydroxylation sites is 1. The van der Waals surface area contributed by atoms with E-state index in [0.29, 0.717) is 10.0 Å². The number of rotatable bonds is 3. The highest BCUT2D eigenvalue weighted by Gasteiger charge is 2.33. The number of benzene rings is 3. The van der Waals surface area contributed by atoms with Crippen molar-refractivity contribution in [2.75, 3.05) is 0 Å². The van der Waals surface area contributed by atoms with E-state index in [2.05, 4.69) is 0 Å². The molecule has 1 heterocycles. The second-order valence-corrected chi connectivity index (χ2v) is 7.65. The molecule has 0 N–H and O–H groups in total. The molecule has 10 heteroatoms. The highest BCUT2D eigenvalue weighted by atomic mass is 35.7. The molecule has 154 valence electrons. The summed E-state index contributed by atoms with van der Waals surface area (Å²) in [6, 6.07) is 25.2. The maximum Gasteiger partial charge on any atom is 0.353 e. The maximum absolute atomic E-state index is 8.49. The van der Waals surface area contributed by atoms with Gasteiger partial charge in [-0.2, -0.15) is 0 Å². The van der Waals surface area contributed by atoms with E-state index in [1.165, 1.54) is 0 Å². The van der Waals surface area contributed by atoms with E-state index < -0.39 is 10.2 Å². The van der Waals surface area contributed by atoms with Gasteiger partial charge in [-0.15, -0.1) is 10.2 Å². The molecule has 1 unspecified atom stereocenters. The Kier molecular flexibility index (Phi) is 7.17. The van der Waals surface area contributed by atoms with E-state index in [9.17, 15) is 0 Å². The second kappa shape index (κ2) is 9.63. The highest BCUT2D eigenvalue weighted by Crippen LogP contribution is 2.31. The predicted octanol–water partition coefficient (Wildman–Crippen LogP) is 1.49. The van der Waals surface area contributed by atoms with Crippen molar-refractivity contribution >= 4 is 34.7 Å². The normalized spacial score (nSPS) is 15.7. The first kappa shape index (κ1) is 22.3. The summed E-state index contributed by atoms with van der Waals surface area (Å²) in [6.07, 6.45) is -0.303. The number of amidine groups is 1. The fourth-order valence-electron chi connectivity index (χ4n) is 2.69. The molecule has 0 aromatic heterocycles. The van der Waals surface area contributed by atoms with Crippen LogP contribution in [0, 0.1) is 10.2 Å². The van der Waals surface area contributed by atoms with Crippen molar-refractivity contribution in [1.82, 2.24) is 0 Å². The molecular weight excluding hydrogens is 453 g/mol. The minimum absolute atomic E-state index is 0.303. The topological polar surface area (TPSA) is 120 Å². The first-order valence-electron chi connectivity index (χ1n) is 8.47. The Labute approximate surface area is 184 Å². The van der Waals surface area contributed by atoms with E-state index in [0.717, 1.165) is 22.6 Å². The predicted molar refractivity (Wildman–Crippen MR) is 101 cm³/mol. The number of hydrogen-bond donors (Lipinski definition) is 0. The summed E-state index contributed by atoms with van der Waals surface area (Å²) < 4.78 is 35.8. The number of nitrogens with zero attached hydrogens (tertiary/aromatic N) is 3. The number of aliphatic imine (C=N–C) groups is 1. The molecule has 7 nitrogen and oxygen atoms in total. The van der Waals surface area contributed by atoms with E-state index in [1.807, 2.05) is 83.6 Å². The first-order chi connectivity index (χ1) is 14.2. The molecule has 1 aliphatic rings. The van der Waals surface area contributed by atoms with Crippen LogP contribution in [0.2, 0.25) is 10.0 Å². The van der Waals surface area contributed by atoms with Gasteiger partial charge in [0.1, 0.15) is 0 Å². The quantitative estimate of drug-likeness (QED) is 0.543. The Morgan fingerprint density at radius 2 is 1.23 bits per heavy atom. The average Bonchev–Trinajstić information content (AvgIpc) is 3.14. The molecule has 0 bridgehead atoms. The number of hydrogen-bond acceptors (Lipinski definition) is 6. The van der Waals surface area contributed by atoms with Crippen LogP contribution in [0.5, 0.6) is 0 Å². The SMILES string of the molecule is Clc1ccc(C2=NC(c3ccc(Cl)cc3)N=[N+]2c2ccccc2)cc1.[O-][Cl+3]([O-])([O-])[O-]. The lowest BCUT2D eigenvalue weighted by atomic mass is 10.1. The third kappa shape index (κ3) is 6.32. The van der Waals surface area contributed by atoms with Gasteiger partial charge >= 0.3 is 5.84 Å². The van der Waals surface area contributed by atoms with Crippen LogP contribution in [-0.2, 0) is 0 Å². The lowest BCUT2D eigenvalue weighted by Crippen LogP contribution is -2.68. The minimum atomic E-state index is -4.94. The average molecular weight is 467 g/mol. The second-order valence-electron chi connectivity index (χ2n) is 6.03. The monoisotopic (exact) mass is 465 g/mol. The summed E-state index contributed by atoms with van der Waals surface area (Å²) in [4.78, 5) is 4.84. The van der Waals surface area contributed by atoms with Crippen molar-refractivity contribution in [2.24, 2.45) is 10.1 Å². The van der Waals surface area contributed by atoms with Gasteiger partial charge in [0.25, 0.3) is 6.17 Å². The lowest BCUT2D eigenvalue weighted by molar-refractivity contribution is -2.00. The van der Waals surface area contributed by atoms with Gasteiger partial charge in [0.05, 0.1) is 5.56 Å². The fourth-order valence-corrected chi connectivity index (χ4v) is 2.94. The lowest BCUT2D eigenvalue weighted by Gasteiger charge is -2.17. The van der Waals surface area contributed by atoms with Gasteiger partial charge in [-0.25, -0.2) is 18.6 Å². The molecule has 0 spiro atoms. The van der Waals surface area contributed by atoms with Crippen LogP contribution in [0.1, 0.15) is 17.3 Å². The largest absolute Gasteiger partial charge is 0.353 e. The molecule has 4 rings (SSSR count). The van der Waals surface area contributed by atoms with E-state index >= 15 is 0 Å². The molecule has 1 atom stereocenters. The van der Waals surface area contributed by atoms with Crippen LogP contribution in [0.25, 0.3) is 0 Å². The van der Waals surface area contributed by atoms with Crippen molar-refractivity contribution in [1.29, 1.82) is 0 Å². The zero-order chi connectivity index (χ0) is 21.7. The minimum Gasteiger partial charge on any atom is -0.222 e. The van der Waals surface area contributed by atoms with Gasteiger partial charge in [-0.05, 0) is 53.5 Å². The van der Waals surface area contributed by atoms with Crippen molar-refractivity contribution in [2.45, 2.75) is 6.17 Å². The zero-order valence-corrected chi connectivity index (χ0v) is 17.5. The summed E-state index contributed by atoms with van der Waals surface area (Å²) in [7, 11) is -4.94. The van der Waals surface area contributed by atoms with Crippen LogP contribution in [0.4, 0.5) is 5.69 Å². The Hall–Kier alpha value is -2.36. The van der Waals surface area contributed by atoms with Gasteiger partial charge in [0.2, 0.25) is 0 Å². The van der Waals surface area contributed by atoms with Crippen molar-refractivity contribution in [3.05, 3.63) is 100 Å². The molecule has 3 aromatic rings. The number of halogens is 3. The maximum atomic E-state index is 8.49. The first-order valence-corrected chi connectivity index (χ1v) is 10.5. The Bertz CT molecular complexity index is 1050. The molecule has 0 amide bonds. The third-order valence-electron chi connectivity index (χ3n) is 3.94. The standard InChI is InChI=1S/C20H14Cl2N3.ClHO4/c21-16-10-6-14(7-11-16)19-23-20(15-8-12-17(22)13-9-15)25(24-19)18-4-2-1-3-5-18;2-1(3,4)5/h1-13,19H;(H,2,3,4,5)/q+1;/p-1. The summed E-state index contributed by atoms with van der Waals surface area (Å²) in [5.41, 5.74) is 2.93. The van der Waals surface area contributed by atoms with Gasteiger partial charge < -0.3 is 0 Å². The smallest absolute Gasteiger partial charge is 0.222 e. The molecule has 1 aliphatic heterocycles. The summed E-state index contributed by atoms with van der Waals surface area (Å²) in [5, 5.41) is 6.18. The van der Waals surface area contributed by atoms with Crippen molar-refractivity contribution < 1.29 is 33.6 Å². The zero-order valence-electron chi connectivity index (χ0n) is 15.2. The molecule has 0 saturated carbocycles. The molecule has 0 radical (unpaired) electrons. The van der Waals surface area contributed by atoms with Gasteiger partial charge in [0, 0.05) is 15.6 Å². The summed E-state index contributed by atoms with van der Waals surface area (Å²) in [5.74, 6) is 0.794. The van der Waals surface area contributed by atoms with Crippen LogP contribution in [0.3, 0.4) is 0 Å². The fraction of sp³-hybridized carbons (Fsp3) is 0.0500. The molecule has 3 aromatic carbocycles. The van der Waals surface area contributed by atoms with E-state index in [4.69, 9.17) is 51.9 Å². The molecular formula is C20H14Cl3N3O4. The van der Waals surface area contributed by atoms with Gasteiger partial charge in [-0.1, -0.05) is 63.3 Å².